The van der Waals surface area contributed by atoms with E-state index in [1.807, 2.05) is 0 Å². The number of aliphatic hydroxyl groups excluding tert-OH is 1. The molecule has 1 atom stereocenters. The summed E-state index contributed by atoms with van der Waals surface area (Å²) in [5, 5.41) is 11.8. The predicted molar refractivity (Wildman–Crippen MR) is 49.6 cm³/mol. The highest BCUT2D eigenvalue weighted by molar-refractivity contribution is 6.30. The van der Waals surface area contributed by atoms with Crippen molar-refractivity contribution in [1.29, 1.82) is 0 Å². The minimum atomic E-state index is -1.04. The number of carbonyl (C=O) groups is 1. The van der Waals surface area contributed by atoms with Crippen LogP contribution < -0.4 is 5.32 Å². The van der Waals surface area contributed by atoms with Gasteiger partial charge >= 0.3 is 0 Å². The summed E-state index contributed by atoms with van der Waals surface area (Å²) in [6, 6.07) is 3.16. The van der Waals surface area contributed by atoms with Gasteiger partial charge < -0.3 is 10.4 Å². The number of nitrogens with zero attached hydrogens (tertiary/aromatic N) is 1. The van der Waals surface area contributed by atoms with Crippen LogP contribution in [0.5, 0.6) is 0 Å². The molecule has 0 saturated carbocycles. The highest BCUT2D eigenvalue weighted by Crippen LogP contribution is 2.09. The normalized spacial score (nSPS) is 12.2. The molecule has 1 unspecified atom stereocenters. The Morgan fingerprint density at radius 1 is 1.69 bits per heavy atom. The van der Waals surface area contributed by atoms with Gasteiger partial charge in [0.05, 0.1) is 5.02 Å². The van der Waals surface area contributed by atoms with Crippen LogP contribution in [0.4, 0.5) is 5.82 Å². The molecule has 0 spiro atoms. The van der Waals surface area contributed by atoms with E-state index in [0.717, 1.165) is 0 Å². The van der Waals surface area contributed by atoms with E-state index in [1.54, 1.807) is 12.1 Å². The maximum absolute atomic E-state index is 11.0. The topological polar surface area (TPSA) is 62.2 Å². The van der Waals surface area contributed by atoms with E-state index in [4.69, 9.17) is 16.7 Å². The van der Waals surface area contributed by atoms with Gasteiger partial charge in [0.1, 0.15) is 11.9 Å². The molecule has 1 amide bonds. The van der Waals surface area contributed by atoms with Crippen molar-refractivity contribution in [3.8, 4) is 0 Å². The van der Waals surface area contributed by atoms with Gasteiger partial charge in [-0.1, -0.05) is 11.6 Å². The molecule has 1 aromatic rings. The van der Waals surface area contributed by atoms with E-state index in [1.165, 1.54) is 13.1 Å². The van der Waals surface area contributed by atoms with Crippen LogP contribution in [-0.2, 0) is 4.79 Å². The van der Waals surface area contributed by atoms with E-state index in [9.17, 15) is 4.79 Å². The Morgan fingerprint density at radius 2 is 2.38 bits per heavy atom. The summed E-state index contributed by atoms with van der Waals surface area (Å²) in [6.45, 7) is 1.38. The maximum Gasteiger partial charge on any atom is 0.254 e. The van der Waals surface area contributed by atoms with Crippen LogP contribution >= 0.6 is 11.6 Å². The lowest BCUT2D eigenvalue weighted by Crippen LogP contribution is -2.24. The quantitative estimate of drug-likeness (QED) is 0.750. The van der Waals surface area contributed by atoms with Crippen molar-refractivity contribution >= 4 is 23.3 Å². The number of nitrogens with one attached hydrogen (secondary N) is 1. The van der Waals surface area contributed by atoms with Gasteiger partial charge in [-0.2, -0.15) is 0 Å². The first-order valence-corrected chi connectivity index (χ1v) is 4.08. The Kier molecular flexibility index (Phi) is 3.22. The van der Waals surface area contributed by atoms with Crippen molar-refractivity contribution in [3.63, 3.8) is 0 Å². The summed E-state index contributed by atoms with van der Waals surface area (Å²) in [4.78, 5) is 14.8. The number of anilines is 1. The third kappa shape index (κ3) is 3.01. The Hall–Kier alpha value is -1.13. The maximum atomic E-state index is 11.0. The smallest absolute Gasteiger partial charge is 0.254 e. The Balaban J connectivity index is 2.65. The molecule has 1 aromatic heterocycles. The molecule has 1 rings (SSSR count). The molecule has 13 heavy (non-hydrogen) atoms. The number of rotatable bonds is 2. The van der Waals surface area contributed by atoms with Crippen molar-refractivity contribution < 1.29 is 9.90 Å². The number of aliphatic hydroxyl groups is 1. The van der Waals surface area contributed by atoms with Gasteiger partial charge in [-0.15, -0.1) is 0 Å². The summed E-state index contributed by atoms with van der Waals surface area (Å²) in [6.07, 6.45) is 0.372. The predicted octanol–water partition coefficient (Wildman–Crippen LogP) is 1.05. The number of aromatic nitrogens is 1. The molecule has 70 valence electrons. The zero-order chi connectivity index (χ0) is 9.84. The molecule has 4 nitrogen and oxygen atoms in total. The molecule has 0 bridgehead atoms. The summed E-state index contributed by atoms with van der Waals surface area (Å²) < 4.78 is 0. The number of amides is 1. The lowest BCUT2D eigenvalue weighted by molar-refractivity contribution is -0.123. The van der Waals surface area contributed by atoms with E-state index in [2.05, 4.69) is 10.3 Å². The highest BCUT2D eigenvalue weighted by atomic mass is 35.5. The third-order valence-electron chi connectivity index (χ3n) is 1.36. The van der Waals surface area contributed by atoms with Gasteiger partial charge in [0.15, 0.2) is 0 Å². The Morgan fingerprint density at radius 3 is 2.85 bits per heavy atom. The van der Waals surface area contributed by atoms with Crippen LogP contribution in [0.1, 0.15) is 6.92 Å². The fraction of sp³-hybridized carbons (Fsp3) is 0.250. The summed E-state index contributed by atoms with van der Waals surface area (Å²) >= 11 is 5.59. The van der Waals surface area contributed by atoms with E-state index >= 15 is 0 Å². The average Bonchev–Trinajstić information content (AvgIpc) is 2.08. The number of hydrogen-bond donors (Lipinski definition) is 2. The average molecular weight is 201 g/mol. The molecule has 2 N–H and O–H groups in total. The van der Waals surface area contributed by atoms with Crippen LogP contribution in [0.15, 0.2) is 18.3 Å². The zero-order valence-corrected chi connectivity index (χ0v) is 7.75. The van der Waals surface area contributed by atoms with Crippen molar-refractivity contribution in [2.24, 2.45) is 0 Å². The van der Waals surface area contributed by atoms with Gasteiger partial charge in [0.25, 0.3) is 5.91 Å². The first-order chi connectivity index (χ1) is 6.09. The molecule has 0 saturated heterocycles. The second kappa shape index (κ2) is 4.20. The monoisotopic (exact) mass is 200 g/mol. The fourth-order valence-electron chi connectivity index (χ4n) is 0.680. The number of halogens is 1. The van der Waals surface area contributed by atoms with E-state index in [0.29, 0.717) is 10.8 Å². The molecule has 0 aromatic carbocycles. The minimum absolute atomic E-state index is 0.371. The van der Waals surface area contributed by atoms with Gasteiger partial charge in [-0.05, 0) is 19.1 Å². The Bertz CT molecular complexity index is 298. The number of pyridine rings is 1. The minimum Gasteiger partial charge on any atom is -0.384 e. The lowest BCUT2D eigenvalue weighted by atomic mass is 10.4. The van der Waals surface area contributed by atoms with Gasteiger partial charge in [-0.3, -0.25) is 4.79 Å². The molecule has 0 aliphatic rings. The molecule has 0 radical (unpaired) electrons. The molecular weight excluding hydrogens is 192 g/mol. The van der Waals surface area contributed by atoms with Crippen LogP contribution in [0.2, 0.25) is 5.02 Å². The number of hydrogen-bond acceptors (Lipinski definition) is 3. The largest absolute Gasteiger partial charge is 0.384 e. The van der Waals surface area contributed by atoms with Gasteiger partial charge in [-0.25, -0.2) is 4.98 Å². The van der Waals surface area contributed by atoms with E-state index in [-0.39, 0.29) is 0 Å². The molecular formula is C8H9ClN2O2. The standard InChI is InChI=1S/C8H9ClN2O2/c1-5(12)8(13)11-7-3-2-6(9)4-10-7/h2-5,12H,1H3,(H,10,11,13). The lowest BCUT2D eigenvalue weighted by Gasteiger charge is -2.05. The van der Waals surface area contributed by atoms with Crippen LogP contribution in [0.3, 0.4) is 0 Å². The van der Waals surface area contributed by atoms with E-state index < -0.39 is 12.0 Å². The number of carbonyl (C=O) groups excluding carboxylic acids is 1. The Labute approximate surface area is 80.6 Å². The summed E-state index contributed by atoms with van der Waals surface area (Å²) in [7, 11) is 0. The fourth-order valence-corrected chi connectivity index (χ4v) is 0.792. The van der Waals surface area contributed by atoms with Crippen molar-refractivity contribution in [1.82, 2.24) is 4.98 Å². The van der Waals surface area contributed by atoms with Crippen molar-refractivity contribution in [3.05, 3.63) is 23.4 Å². The molecule has 0 fully saturated rings. The third-order valence-corrected chi connectivity index (χ3v) is 1.58. The van der Waals surface area contributed by atoms with Gasteiger partial charge in [0.2, 0.25) is 0 Å². The molecule has 0 aliphatic carbocycles. The summed E-state index contributed by atoms with van der Waals surface area (Å²) in [5.74, 6) is -0.120. The molecule has 1 heterocycles. The SMILES string of the molecule is CC(O)C(=O)Nc1ccc(Cl)cn1. The first kappa shape index (κ1) is 9.95. The second-order valence-electron chi connectivity index (χ2n) is 2.53. The van der Waals surface area contributed by atoms with Crippen molar-refractivity contribution in [2.45, 2.75) is 13.0 Å². The van der Waals surface area contributed by atoms with Crippen LogP contribution in [0.25, 0.3) is 0 Å². The van der Waals surface area contributed by atoms with Crippen LogP contribution in [0, 0.1) is 0 Å². The second-order valence-corrected chi connectivity index (χ2v) is 2.96. The first-order valence-electron chi connectivity index (χ1n) is 3.70. The van der Waals surface area contributed by atoms with Crippen LogP contribution in [-0.4, -0.2) is 22.1 Å². The van der Waals surface area contributed by atoms with Gasteiger partial charge in [0, 0.05) is 6.20 Å². The highest BCUT2D eigenvalue weighted by Gasteiger charge is 2.08. The zero-order valence-electron chi connectivity index (χ0n) is 6.99. The molecule has 0 aliphatic heterocycles. The summed E-state index contributed by atoms with van der Waals surface area (Å²) in [5.41, 5.74) is 0. The molecule has 5 heteroatoms. The van der Waals surface area contributed by atoms with Crippen molar-refractivity contribution in [2.75, 3.05) is 5.32 Å².